The molecule has 1 aromatic heterocycles. The van der Waals surface area contributed by atoms with Crippen molar-refractivity contribution in [1.29, 1.82) is 0 Å². The van der Waals surface area contributed by atoms with Gasteiger partial charge in [0.25, 0.3) is 0 Å². The Balaban J connectivity index is 1.59. The van der Waals surface area contributed by atoms with E-state index in [1.54, 1.807) is 12.1 Å². The van der Waals surface area contributed by atoms with Gasteiger partial charge in [0, 0.05) is 18.8 Å². The highest BCUT2D eigenvalue weighted by Crippen LogP contribution is 2.19. The lowest BCUT2D eigenvalue weighted by Crippen LogP contribution is -2.29. The minimum atomic E-state index is -1.60. The van der Waals surface area contributed by atoms with Crippen LogP contribution < -0.4 is 9.74 Å². The Bertz CT molecular complexity index is 867. The molecule has 0 unspecified atom stereocenters. The van der Waals surface area contributed by atoms with Crippen molar-refractivity contribution in [2.24, 2.45) is 0 Å². The molecule has 0 saturated carbocycles. The maximum atomic E-state index is 12.4. The zero-order chi connectivity index (χ0) is 18.7. The summed E-state index contributed by atoms with van der Waals surface area (Å²) in [5, 5.41) is 3.08. The van der Waals surface area contributed by atoms with Gasteiger partial charge in [-0.05, 0) is 55.9 Å². The van der Waals surface area contributed by atoms with Crippen LogP contribution in [0.2, 0.25) is 19.6 Å². The summed E-state index contributed by atoms with van der Waals surface area (Å²) in [6.45, 7) is 7.01. The number of ketones is 2. The fourth-order valence-electron chi connectivity index (χ4n) is 2.75. The summed E-state index contributed by atoms with van der Waals surface area (Å²) in [5.41, 5.74) is 2.04. The number of nitrogens with one attached hydrogen (secondary N) is 1. The van der Waals surface area contributed by atoms with E-state index in [1.165, 1.54) is 12.3 Å². The number of hydrogen-bond donors (Lipinski definition) is 1. The van der Waals surface area contributed by atoms with E-state index in [0.717, 1.165) is 17.7 Å². The lowest BCUT2D eigenvalue weighted by atomic mass is 9.97. The molecule has 134 valence electrons. The highest BCUT2D eigenvalue weighted by Gasteiger charge is 2.26. The van der Waals surface area contributed by atoms with Gasteiger partial charge in [0.05, 0.1) is 11.3 Å². The van der Waals surface area contributed by atoms with E-state index in [4.69, 9.17) is 4.43 Å². The molecule has 0 radical (unpaired) electrons. The van der Waals surface area contributed by atoms with E-state index >= 15 is 0 Å². The highest BCUT2D eigenvalue weighted by atomic mass is 28.4. The third-order valence-corrected chi connectivity index (χ3v) is 4.73. The van der Waals surface area contributed by atoms with Crippen molar-refractivity contribution in [1.82, 2.24) is 10.3 Å². The first-order chi connectivity index (χ1) is 12.3. The summed E-state index contributed by atoms with van der Waals surface area (Å²) >= 11 is 0. The first-order valence-corrected chi connectivity index (χ1v) is 12.0. The van der Waals surface area contributed by atoms with Crippen molar-refractivity contribution in [3.63, 3.8) is 0 Å². The quantitative estimate of drug-likeness (QED) is 0.794. The SMILES string of the molecule is C[Si](C)(C)Oc1ccc(CCNC2=CC(=O)c3ncccc3C2=O)cc1. The van der Waals surface area contributed by atoms with E-state index in [9.17, 15) is 9.59 Å². The van der Waals surface area contributed by atoms with Crippen LogP contribution in [0, 0.1) is 0 Å². The van der Waals surface area contributed by atoms with Crippen LogP contribution in [0.3, 0.4) is 0 Å². The second kappa shape index (κ2) is 7.25. The number of fused-ring (bicyclic) bond motifs is 1. The van der Waals surface area contributed by atoms with Gasteiger partial charge in [-0.3, -0.25) is 14.6 Å². The molecule has 0 aliphatic heterocycles. The first kappa shape index (κ1) is 18.1. The zero-order valence-electron chi connectivity index (χ0n) is 15.2. The van der Waals surface area contributed by atoms with E-state index in [0.29, 0.717) is 17.8 Å². The summed E-state index contributed by atoms with van der Waals surface area (Å²) in [6, 6.07) is 11.3. The fourth-order valence-corrected chi connectivity index (χ4v) is 3.59. The zero-order valence-corrected chi connectivity index (χ0v) is 16.2. The van der Waals surface area contributed by atoms with Crippen molar-refractivity contribution in [2.45, 2.75) is 26.1 Å². The normalized spacial score (nSPS) is 13.9. The molecule has 3 rings (SSSR count). The topological polar surface area (TPSA) is 68.3 Å². The number of carbonyl (C=O) groups is 2. The largest absolute Gasteiger partial charge is 0.544 e. The molecule has 6 heteroatoms. The molecular formula is C20H22N2O3Si. The van der Waals surface area contributed by atoms with Gasteiger partial charge >= 0.3 is 0 Å². The predicted octanol–water partition coefficient (Wildman–Crippen LogP) is 3.39. The minimum Gasteiger partial charge on any atom is -0.544 e. The van der Waals surface area contributed by atoms with Crippen LogP contribution in [0.5, 0.6) is 5.75 Å². The molecule has 2 aromatic rings. The monoisotopic (exact) mass is 366 g/mol. The van der Waals surface area contributed by atoms with Gasteiger partial charge in [-0.1, -0.05) is 12.1 Å². The number of nitrogens with zero attached hydrogens (tertiary/aromatic N) is 1. The number of rotatable bonds is 6. The van der Waals surface area contributed by atoms with E-state index in [-0.39, 0.29) is 17.3 Å². The Morgan fingerprint density at radius 2 is 1.81 bits per heavy atom. The van der Waals surface area contributed by atoms with E-state index < -0.39 is 8.32 Å². The Morgan fingerprint density at radius 3 is 2.50 bits per heavy atom. The molecular weight excluding hydrogens is 344 g/mol. The number of hydrogen-bond acceptors (Lipinski definition) is 5. The van der Waals surface area contributed by atoms with Crippen LogP contribution in [-0.4, -0.2) is 31.4 Å². The van der Waals surface area contributed by atoms with Crippen LogP contribution in [0.25, 0.3) is 0 Å². The first-order valence-electron chi connectivity index (χ1n) is 8.61. The van der Waals surface area contributed by atoms with Crippen LogP contribution in [-0.2, 0) is 6.42 Å². The van der Waals surface area contributed by atoms with Crippen LogP contribution in [0.1, 0.15) is 26.4 Å². The van der Waals surface area contributed by atoms with Crippen molar-refractivity contribution < 1.29 is 14.0 Å². The second-order valence-electron chi connectivity index (χ2n) is 7.19. The van der Waals surface area contributed by atoms with Crippen molar-refractivity contribution in [3.8, 4) is 5.75 Å². The Morgan fingerprint density at radius 1 is 1.08 bits per heavy atom. The highest BCUT2D eigenvalue weighted by molar-refractivity contribution is 6.70. The summed E-state index contributed by atoms with van der Waals surface area (Å²) in [6.07, 6.45) is 3.60. The van der Waals surface area contributed by atoms with Crippen LogP contribution in [0.4, 0.5) is 0 Å². The summed E-state index contributed by atoms with van der Waals surface area (Å²) in [5.74, 6) is 0.461. The molecule has 1 aliphatic rings. The Hall–Kier alpha value is -2.73. The molecule has 5 nitrogen and oxygen atoms in total. The molecule has 26 heavy (non-hydrogen) atoms. The lowest BCUT2D eigenvalue weighted by Gasteiger charge is -2.19. The van der Waals surface area contributed by atoms with Gasteiger partial charge in [0.1, 0.15) is 11.4 Å². The van der Waals surface area contributed by atoms with E-state index in [2.05, 4.69) is 29.9 Å². The van der Waals surface area contributed by atoms with Crippen molar-refractivity contribution >= 4 is 19.9 Å². The number of benzene rings is 1. The van der Waals surface area contributed by atoms with Gasteiger partial charge in [-0.25, -0.2) is 0 Å². The Kier molecular flexibility index (Phi) is 5.04. The number of aromatic nitrogens is 1. The number of Topliss-reactive ketones (excluding diaryl/α,β-unsaturated/α-hetero) is 1. The average molecular weight is 366 g/mol. The second-order valence-corrected chi connectivity index (χ2v) is 11.6. The molecule has 1 aliphatic carbocycles. The standard InChI is InChI=1S/C20H22N2O3Si/c1-26(2,3)25-15-8-6-14(7-9-15)10-12-21-17-13-18(23)19-16(20(17)24)5-4-11-22-19/h4-9,11,13,21H,10,12H2,1-3H3. The maximum Gasteiger partial charge on any atom is 0.242 e. The third kappa shape index (κ3) is 4.26. The average Bonchev–Trinajstić information content (AvgIpc) is 2.59. The minimum absolute atomic E-state index is 0.188. The maximum absolute atomic E-state index is 12.4. The summed E-state index contributed by atoms with van der Waals surface area (Å²) in [7, 11) is -1.60. The molecule has 0 saturated heterocycles. The Labute approximate surface area is 154 Å². The molecule has 0 bridgehead atoms. The molecule has 1 heterocycles. The number of allylic oxidation sites excluding steroid dienone is 2. The predicted molar refractivity (Wildman–Crippen MR) is 103 cm³/mol. The van der Waals surface area contributed by atoms with Crippen LogP contribution >= 0.6 is 0 Å². The summed E-state index contributed by atoms with van der Waals surface area (Å²) < 4.78 is 5.94. The molecule has 0 amide bonds. The van der Waals surface area contributed by atoms with Gasteiger partial charge in [0.15, 0.2) is 0 Å². The van der Waals surface area contributed by atoms with E-state index in [1.807, 2.05) is 24.3 Å². The lowest BCUT2D eigenvalue weighted by molar-refractivity contribution is 0.0975. The smallest absolute Gasteiger partial charge is 0.242 e. The molecule has 1 aromatic carbocycles. The fraction of sp³-hybridized carbons (Fsp3) is 0.250. The van der Waals surface area contributed by atoms with Gasteiger partial charge in [0.2, 0.25) is 19.9 Å². The van der Waals surface area contributed by atoms with Gasteiger partial charge in [-0.2, -0.15) is 0 Å². The number of carbonyl (C=O) groups excluding carboxylic acids is 2. The molecule has 1 N–H and O–H groups in total. The van der Waals surface area contributed by atoms with Gasteiger partial charge < -0.3 is 9.74 Å². The van der Waals surface area contributed by atoms with Crippen LogP contribution in [0.15, 0.2) is 54.4 Å². The molecule has 0 spiro atoms. The van der Waals surface area contributed by atoms with Crippen molar-refractivity contribution in [2.75, 3.05) is 6.54 Å². The van der Waals surface area contributed by atoms with Crippen molar-refractivity contribution in [3.05, 3.63) is 71.2 Å². The van der Waals surface area contributed by atoms with Gasteiger partial charge in [-0.15, -0.1) is 0 Å². The number of pyridine rings is 1. The molecule has 0 fully saturated rings. The summed E-state index contributed by atoms with van der Waals surface area (Å²) in [4.78, 5) is 28.5. The molecule has 0 atom stereocenters. The third-order valence-electron chi connectivity index (χ3n) is 3.88.